The van der Waals surface area contributed by atoms with Crippen LogP contribution in [-0.4, -0.2) is 16.7 Å². The first-order valence-electron chi connectivity index (χ1n) is 5.67. The summed E-state index contributed by atoms with van der Waals surface area (Å²) >= 11 is 0. The third-order valence-electron chi connectivity index (χ3n) is 3.03. The molecule has 0 fully saturated rings. The number of aryl methyl sites for hydroxylation is 2. The fourth-order valence-electron chi connectivity index (χ4n) is 2.00. The van der Waals surface area contributed by atoms with Gasteiger partial charge < -0.3 is 9.30 Å². The molecule has 0 saturated heterocycles. The summed E-state index contributed by atoms with van der Waals surface area (Å²) in [6.45, 7) is 3.89. The summed E-state index contributed by atoms with van der Waals surface area (Å²) in [4.78, 5) is 4.26. The number of hydrogen-bond donors (Lipinski definition) is 0. The van der Waals surface area contributed by atoms with Gasteiger partial charge >= 0.3 is 0 Å². The highest BCUT2D eigenvalue weighted by Gasteiger charge is 2.17. The number of ether oxygens (including phenoxy) is 1. The molecule has 0 aliphatic heterocycles. The minimum Gasteiger partial charge on any atom is -0.496 e. The molecule has 2 aromatic rings. The molecule has 0 radical (unpaired) electrons. The minimum absolute atomic E-state index is 0.430. The lowest BCUT2D eigenvalue weighted by Gasteiger charge is -2.10. The van der Waals surface area contributed by atoms with E-state index in [1.165, 1.54) is 0 Å². The zero-order chi connectivity index (χ0) is 13.3. The van der Waals surface area contributed by atoms with E-state index >= 15 is 0 Å². The third kappa shape index (κ3) is 1.84. The predicted molar refractivity (Wildman–Crippen MR) is 69.4 cm³/mol. The summed E-state index contributed by atoms with van der Waals surface area (Å²) in [6, 6.07) is 8.04. The van der Waals surface area contributed by atoms with Crippen molar-refractivity contribution in [3.63, 3.8) is 0 Å². The lowest BCUT2D eigenvalue weighted by Crippen LogP contribution is -1.97. The average molecular weight is 241 g/mol. The minimum atomic E-state index is 0.430. The van der Waals surface area contributed by atoms with E-state index in [0.717, 1.165) is 28.4 Å². The Balaban J connectivity index is 2.76. The molecule has 1 aromatic carbocycles. The van der Waals surface area contributed by atoms with E-state index in [1.54, 1.807) is 7.11 Å². The van der Waals surface area contributed by atoms with Gasteiger partial charge in [-0.25, -0.2) is 4.98 Å². The van der Waals surface area contributed by atoms with Gasteiger partial charge in [-0.15, -0.1) is 0 Å². The first-order chi connectivity index (χ1) is 8.58. The van der Waals surface area contributed by atoms with Crippen molar-refractivity contribution in [2.45, 2.75) is 13.8 Å². The Morgan fingerprint density at radius 3 is 2.67 bits per heavy atom. The monoisotopic (exact) mass is 241 g/mol. The Morgan fingerprint density at radius 1 is 1.33 bits per heavy atom. The zero-order valence-electron chi connectivity index (χ0n) is 11.0. The van der Waals surface area contributed by atoms with E-state index in [1.807, 2.05) is 43.7 Å². The Kier molecular flexibility index (Phi) is 3.07. The fourth-order valence-corrected chi connectivity index (χ4v) is 2.00. The van der Waals surface area contributed by atoms with Gasteiger partial charge in [-0.3, -0.25) is 0 Å². The lowest BCUT2D eigenvalue weighted by atomic mass is 10.1. The second kappa shape index (κ2) is 4.53. The van der Waals surface area contributed by atoms with Crippen molar-refractivity contribution in [3.05, 3.63) is 35.3 Å². The topological polar surface area (TPSA) is 50.8 Å². The molecule has 0 saturated carbocycles. The Bertz CT molecular complexity index is 635. The van der Waals surface area contributed by atoms with Crippen LogP contribution in [0.4, 0.5) is 0 Å². The molecule has 0 spiro atoms. The molecule has 4 nitrogen and oxygen atoms in total. The lowest BCUT2D eigenvalue weighted by molar-refractivity contribution is 0.416. The number of benzene rings is 1. The van der Waals surface area contributed by atoms with E-state index in [0.29, 0.717) is 5.69 Å². The average Bonchev–Trinajstić information content (AvgIpc) is 2.65. The fraction of sp³-hybridized carbons (Fsp3) is 0.286. The van der Waals surface area contributed by atoms with Crippen molar-refractivity contribution in [1.29, 1.82) is 5.26 Å². The van der Waals surface area contributed by atoms with E-state index in [2.05, 4.69) is 11.1 Å². The molecule has 92 valence electrons. The van der Waals surface area contributed by atoms with E-state index in [9.17, 15) is 5.26 Å². The van der Waals surface area contributed by atoms with Crippen molar-refractivity contribution in [1.82, 2.24) is 9.55 Å². The Hall–Kier alpha value is -2.28. The number of rotatable bonds is 2. The molecule has 0 aliphatic carbocycles. The second-order valence-corrected chi connectivity index (χ2v) is 4.23. The van der Waals surface area contributed by atoms with Crippen LogP contribution in [0.25, 0.3) is 11.3 Å². The molecular weight excluding hydrogens is 226 g/mol. The first kappa shape index (κ1) is 12.2. The zero-order valence-corrected chi connectivity index (χ0v) is 11.0. The molecule has 1 heterocycles. The van der Waals surface area contributed by atoms with E-state index in [4.69, 9.17) is 4.74 Å². The van der Waals surface area contributed by atoms with Gasteiger partial charge in [0.2, 0.25) is 0 Å². The van der Waals surface area contributed by atoms with E-state index < -0.39 is 0 Å². The maximum Gasteiger partial charge on any atom is 0.166 e. The van der Waals surface area contributed by atoms with Gasteiger partial charge in [0.05, 0.1) is 12.8 Å². The SMILES string of the molecule is COc1ccc(C)cc1-c1c(C#N)nc(C)n1C. The highest BCUT2D eigenvalue weighted by atomic mass is 16.5. The number of imidazole rings is 1. The Morgan fingerprint density at radius 2 is 2.06 bits per heavy atom. The van der Waals surface area contributed by atoms with Crippen LogP contribution in [0.5, 0.6) is 5.75 Å². The summed E-state index contributed by atoms with van der Waals surface area (Å²) in [5.74, 6) is 1.56. The van der Waals surface area contributed by atoms with Crippen LogP contribution >= 0.6 is 0 Å². The molecular formula is C14H15N3O. The molecule has 0 aliphatic rings. The first-order valence-corrected chi connectivity index (χ1v) is 5.67. The van der Waals surface area contributed by atoms with Gasteiger partial charge in [-0.2, -0.15) is 5.26 Å². The van der Waals surface area contributed by atoms with Crippen LogP contribution in [0.2, 0.25) is 0 Å². The van der Waals surface area contributed by atoms with Crippen LogP contribution < -0.4 is 4.74 Å². The molecule has 2 rings (SSSR count). The number of hydrogen-bond acceptors (Lipinski definition) is 3. The molecule has 0 bridgehead atoms. The number of methoxy groups -OCH3 is 1. The van der Waals surface area contributed by atoms with Crippen LogP contribution in [0.3, 0.4) is 0 Å². The van der Waals surface area contributed by atoms with Gasteiger partial charge in [-0.1, -0.05) is 11.6 Å². The maximum atomic E-state index is 9.18. The normalized spacial score (nSPS) is 10.2. The van der Waals surface area contributed by atoms with Gasteiger partial charge in [0.25, 0.3) is 0 Å². The third-order valence-corrected chi connectivity index (χ3v) is 3.03. The van der Waals surface area contributed by atoms with Crippen molar-refractivity contribution in [2.75, 3.05) is 7.11 Å². The van der Waals surface area contributed by atoms with Crippen LogP contribution in [0.1, 0.15) is 17.1 Å². The van der Waals surface area contributed by atoms with Crippen molar-refractivity contribution in [3.8, 4) is 23.1 Å². The van der Waals surface area contributed by atoms with Crippen molar-refractivity contribution < 1.29 is 4.74 Å². The smallest absolute Gasteiger partial charge is 0.166 e. The predicted octanol–water partition coefficient (Wildman–Crippen LogP) is 2.58. The number of nitriles is 1. The standard InChI is InChI=1S/C14H15N3O/c1-9-5-6-13(18-4)11(7-9)14-12(8-15)16-10(2)17(14)3/h5-7H,1-4H3. The van der Waals surface area contributed by atoms with Crippen molar-refractivity contribution in [2.24, 2.45) is 7.05 Å². The van der Waals surface area contributed by atoms with Gasteiger partial charge in [0, 0.05) is 12.6 Å². The summed E-state index contributed by atoms with van der Waals surface area (Å²) in [7, 11) is 3.53. The number of nitrogens with zero attached hydrogens (tertiary/aromatic N) is 3. The van der Waals surface area contributed by atoms with Crippen molar-refractivity contribution >= 4 is 0 Å². The largest absolute Gasteiger partial charge is 0.496 e. The molecule has 0 amide bonds. The summed E-state index contributed by atoms with van der Waals surface area (Å²) in [6.07, 6.45) is 0. The second-order valence-electron chi connectivity index (χ2n) is 4.23. The molecule has 0 unspecified atom stereocenters. The summed E-state index contributed by atoms with van der Waals surface area (Å²) in [5, 5.41) is 9.18. The number of aromatic nitrogens is 2. The molecule has 1 aromatic heterocycles. The van der Waals surface area contributed by atoms with Gasteiger partial charge in [-0.05, 0) is 26.0 Å². The molecule has 4 heteroatoms. The maximum absolute atomic E-state index is 9.18. The van der Waals surface area contributed by atoms with Crippen LogP contribution in [-0.2, 0) is 7.05 Å². The highest BCUT2D eigenvalue weighted by molar-refractivity contribution is 5.72. The summed E-state index contributed by atoms with van der Waals surface area (Å²) in [5.41, 5.74) is 3.25. The highest BCUT2D eigenvalue weighted by Crippen LogP contribution is 2.33. The summed E-state index contributed by atoms with van der Waals surface area (Å²) < 4.78 is 7.28. The van der Waals surface area contributed by atoms with Gasteiger partial charge in [0.15, 0.2) is 5.69 Å². The van der Waals surface area contributed by atoms with Gasteiger partial charge in [0.1, 0.15) is 17.6 Å². The Labute approximate surface area is 106 Å². The molecule has 0 N–H and O–H groups in total. The quantitative estimate of drug-likeness (QED) is 0.812. The molecule has 18 heavy (non-hydrogen) atoms. The van der Waals surface area contributed by atoms with E-state index in [-0.39, 0.29) is 0 Å². The molecule has 0 atom stereocenters. The van der Waals surface area contributed by atoms with Crippen LogP contribution in [0, 0.1) is 25.2 Å². The van der Waals surface area contributed by atoms with Crippen LogP contribution in [0.15, 0.2) is 18.2 Å².